The fourth-order valence-electron chi connectivity index (χ4n) is 2.55. The molecule has 2 atom stereocenters. The number of hydrogen-bond donors (Lipinski definition) is 1. The van der Waals surface area contributed by atoms with Crippen molar-refractivity contribution in [3.8, 4) is 0 Å². The van der Waals surface area contributed by atoms with Crippen LogP contribution in [0.25, 0.3) is 0 Å². The third kappa shape index (κ3) is 3.35. The van der Waals surface area contributed by atoms with E-state index in [1.54, 1.807) is 0 Å². The van der Waals surface area contributed by atoms with E-state index in [1.165, 1.54) is 32.1 Å². The van der Waals surface area contributed by atoms with Crippen molar-refractivity contribution in [2.45, 2.75) is 56.4 Å². The van der Waals surface area contributed by atoms with Crippen molar-refractivity contribution >= 4 is 17.6 Å². The highest BCUT2D eigenvalue weighted by Gasteiger charge is 2.25. The summed E-state index contributed by atoms with van der Waals surface area (Å²) in [6, 6.07) is 1.82. The maximum Gasteiger partial charge on any atom is 0.190 e. The summed E-state index contributed by atoms with van der Waals surface area (Å²) in [5.74, 6) is 1.41. The maximum absolute atomic E-state index is 5.77. The van der Waals surface area contributed by atoms with Crippen LogP contribution < -0.4 is 5.73 Å². The molecule has 1 aliphatic rings. The monoisotopic (exact) mass is 251 g/mol. The molecule has 0 saturated heterocycles. The Balaban J connectivity index is 2.08. The van der Waals surface area contributed by atoms with Gasteiger partial charge < -0.3 is 5.73 Å². The van der Waals surface area contributed by atoms with Gasteiger partial charge in [0.1, 0.15) is 5.82 Å². The van der Waals surface area contributed by atoms with Gasteiger partial charge in [-0.2, -0.15) is 0 Å². The van der Waals surface area contributed by atoms with Crippen molar-refractivity contribution < 1.29 is 0 Å². The highest BCUT2D eigenvalue weighted by Crippen LogP contribution is 2.37. The van der Waals surface area contributed by atoms with Crippen molar-refractivity contribution in [1.29, 1.82) is 0 Å². The van der Waals surface area contributed by atoms with Crippen LogP contribution in [0.15, 0.2) is 11.2 Å². The molecule has 3 nitrogen and oxygen atoms in total. The molecule has 1 aliphatic carbocycles. The van der Waals surface area contributed by atoms with E-state index >= 15 is 0 Å². The van der Waals surface area contributed by atoms with Crippen LogP contribution in [0.4, 0.5) is 5.82 Å². The number of hydrogen-bond acceptors (Lipinski definition) is 4. The van der Waals surface area contributed by atoms with Crippen molar-refractivity contribution in [2.75, 3.05) is 5.73 Å². The molecule has 0 amide bonds. The first-order valence-corrected chi connectivity index (χ1v) is 7.35. The number of rotatable bonds is 3. The number of anilines is 1. The molecule has 1 saturated carbocycles. The Morgan fingerprint density at radius 1 is 1.35 bits per heavy atom. The Labute approximate surface area is 108 Å². The first kappa shape index (κ1) is 12.7. The standard InChI is InChI=1S/C13H21N3S/c1-3-10-6-4-5-7-11(10)17-13-15-9(2)8-12(14)16-13/h8,10-11H,3-7H2,1-2H3,(H2,14,15,16). The first-order chi connectivity index (χ1) is 8.19. The van der Waals surface area contributed by atoms with Gasteiger partial charge in [0.2, 0.25) is 0 Å². The summed E-state index contributed by atoms with van der Waals surface area (Å²) < 4.78 is 0. The van der Waals surface area contributed by atoms with Gasteiger partial charge in [0, 0.05) is 17.0 Å². The number of nitrogens with zero attached hydrogens (tertiary/aromatic N) is 2. The first-order valence-electron chi connectivity index (χ1n) is 6.47. The average molecular weight is 251 g/mol. The summed E-state index contributed by atoms with van der Waals surface area (Å²) in [4.78, 5) is 8.80. The molecule has 1 heterocycles. The van der Waals surface area contributed by atoms with Crippen LogP contribution in [-0.2, 0) is 0 Å². The molecule has 4 heteroatoms. The maximum atomic E-state index is 5.77. The van der Waals surface area contributed by atoms with Crippen LogP contribution in [0.1, 0.15) is 44.7 Å². The smallest absolute Gasteiger partial charge is 0.190 e. The van der Waals surface area contributed by atoms with Crippen LogP contribution in [0, 0.1) is 12.8 Å². The summed E-state index contributed by atoms with van der Waals surface area (Å²) in [7, 11) is 0. The minimum atomic E-state index is 0.587. The van der Waals surface area contributed by atoms with Crippen LogP contribution in [0.3, 0.4) is 0 Å². The van der Waals surface area contributed by atoms with Gasteiger partial charge in [-0.1, -0.05) is 37.9 Å². The van der Waals surface area contributed by atoms with E-state index in [0.717, 1.165) is 16.8 Å². The van der Waals surface area contributed by atoms with Crippen molar-refractivity contribution in [1.82, 2.24) is 9.97 Å². The second-order valence-corrected chi connectivity index (χ2v) is 6.03. The highest BCUT2D eigenvalue weighted by molar-refractivity contribution is 7.99. The molecular formula is C13H21N3S. The number of aryl methyl sites for hydroxylation is 1. The summed E-state index contributed by atoms with van der Waals surface area (Å²) in [6.07, 6.45) is 6.64. The summed E-state index contributed by atoms with van der Waals surface area (Å²) >= 11 is 1.82. The van der Waals surface area contributed by atoms with Gasteiger partial charge in [-0.25, -0.2) is 9.97 Å². The molecule has 1 aromatic heterocycles. The summed E-state index contributed by atoms with van der Waals surface area (Å²) in [5, 5.41) is 1.53. The van der Waals surface area contributed by atoms with Crippen LogP contribution in [0.2, 0.25) is 0 Å². The molecule has 0 radical (unpaired) electrons. The SMILES string of the molecule is CCC1CCCCC1Sc1nc(C)cc(N)n1. The number of thioether (sulfide) groups is 1. The predicted octanol–water partition coefficient (Wildman–Crippen LogP) is 3.43. The largest absolute Gasteiger partial charge is 0.384 e. The van der Waals surface area contributed by atoms with Crippen molar-refractivity contribution in [3.63, 3.8) is 0 Å². The topological polar surface area (TPSA) is 51.8 Å². The zero-order valence-electron chi connectivity index (χ0n) is 10.6. The molecule has 1 aromatic rings. The fraction of sp³-hybridized carbons (Fsp3) is 0.692. The fourth-order valence-corrected chi connectivity index (χ4v) is 3.98. The van der Waals surface area contributed by atoms with Crippen molar-refractivity contribution in [3.05, 3.63) is 11.8 Å². The molecule has 94 valence electrons. The molecule has 0 spiro atoms. The van der Waals surface area contributed by atoms with E-state index in [9.17, 15) is 0 Å². The minimum absolute atomic E-state index is 0.587. The third-order valence-electron chi connectivity index (χ3n) is 3.47. The van der Waals surface area contributed by atoms with E-state index in [1.807, 2.05) is 24.8 Å². The van der Waals surface area contributed by atoms with Gasteiger partial charge in [-0.3, -0.25) is 0 Å². The van der Waals surface area contributed by atoms with E-state index in [4.69, 9.17) is 5.73 Å². The number of aromatic nitrogens is 2. The van der Waals surface area contributed by atoms with Crippen molar-refractivity contribution in [2.24, 2.45) is 5.92 Å². The molecule has 2 N–H and O–H groups in total. The Morgan fingerprint density at radius 3 is 2.82 bits per heavy atom. The quantitative estimate of drug-likeness (QED) is 0.836. The normalized spacial score (nSPS) is 24.8. The van der Waals surface area contributed by atoms with E-state index < -0.39 is 0 Å². The summed E-state index contributed by atoms with van der Waals surface area (Å²) in [5.41, 5.74) is 6.73. The van der Waals surface area contributed by atoms with E-state index in [-0.39, 0.29) is 0 Å². The van der Waals surface area contributed by atoms with Crippen LogP contribution in [0.5, 0.6) is 0 Å². The van der Waals surface area contributed by atoms with E-state index in [0.29, 0.717) is 11.1 Å². The summed E-state index contributed by atoms with van der Waals surface area (Å²) in [6.45, 7) is 4.26. The Bertz CT molecular complexity index is 361. The molecular weight excluding hydrogens is 230 g/mol. The molecule has 0 aliphatic heterocycles. The zero-order chi connectivity index (χ0) is 12.3. The second kappa shape index (κ2) is 5.71. The highest BCUT2D eigenvalue weighted by atomic mass is 32.2. The molecule has 2 rings (SSSR count). The van der Waals surface area contributed by atoms with E-state index in [2.05, 4.69) is 16.9 Å². The molecule has 2 unspecified atom stereocenters. The van der Waals surface area contributed by atoms with Crippen LogP contribution in [-0.4, -0.2) is 15.2 Å². The molecule has 0 bridgehead atoms. The molecule has 17 heavy (non-hydrogen) atoms. The Hall–Kier alpha value is -0.770. The molecule has 1 fully saturated rings. The minimum Gasteiger partial charge on any atom is -0.384 e. The Morgan fingerprint density at radius 2 is 2.12 bits per heavy atom. The zero-order valence-corrected chi connectivity index (χ0v) is 11.5. The van der Waals surface area contributed by atoms with Gasteiger partial charge in [-0.05, 0) is 25.7 Å². The lowest BCUT2D eigenvalue weighted by Crippen LogP contribution is -2.21. The van der Waals surface area contributed by atoms with Gasteiger partial charge >= 0.3 is 0 Å². The Kier molecular flexibility index (Phi) is 4.26. The molecule has 0 aromatic carbocycles. The predicted molar refractivity (Wildman–Crippen MR) is 73.1 cm³/mol. The third-order valence-corrected chi connectivity index (χ3v) is 4.79. The lowest BCUT2D eigenvalue weighted by atomic mass is 9.87. The van der Waals surface area contributed by atoms with Gasteiger partial charge in [0.15, 0.2) is 5.16 Å². The second-order valence-electron chi connectivity index (χ2n) is 4.83. The number of nitrogen functional groups attached to an aromatic ring is 1. The van der Waals surface area contributed by atoms with Gasteiger partial charge in [0.05, 0.1) is 0 Å². The lowest BCUT2D eigenvalue weighted by Gasteiger charge is -2.29. The van der Waals surface area contributed by atoms with Gasteiger partial charge in [0.25, 0.3) is 0 Å². The number of nitrogens with two attached hydrogens (primary N) is 1. The van der Waals surface area contributed by atoms with Crippen LogP contribution >= 0.6 is 11.8 Å². The van der Waals surface area contributed by atoms with Gasteiger partial charge in [-0.15, -0.1) is 0 Å². The average Bonchev–Trinajstić information content (AvgIpc) is 2.28. The lowest BCUT2D eigenvalue weighted by molar-refractivity contribution is 0.361.